The molecule has 160 valence electrons. The number of sulfonamides is 1. The lowest BCUT2D eigenvalue weighted by Gasteiger charge is -2.26. The van der Waals surface area contributed by atoms with Gasteiger partial charge >= 0.3 is 0 Å². The summed E-state index contributed by atoms with van der Waals surface area (Å²) >= 11 is 0. The molecule has 8 heteroatoms. The smallest absolute Gasteiger partial charge is 0.264 e. The molecule has 0 saturated carbocycles. The van der Waals surface area contributed by atoms with Crippen molar-refractivity contribution in [1.29, 1.82) is 0 Å². The Morgan fingerprint density at radius 3 is 2.19 bits per heavy atom. The van der Waals surface area contributed by atoms with Crippen LogP contribution in [0.2, 0.25) is 0 Å². The van der Waals surface area contributed by atoms with E-state index >= 15 is 0 Å². The monoisotopic (exact) mass is 437 g/mol. The van der Waals surface area contributed by atoms with Gasteiger partial charge in [-0.25, -0.2) is 8.42 Å². The van der Waals surface area contributed by atoms with E-state index in [4.69, 9.17) is 5.73 Å². The number of para-hydroxylation sites is 2. The third kappa shape index (κ3) is 4.92. The summed E-state index contributed by atoms with van der Waals surface area (Å²) in [5, 5.41) is 2.61. The molecule has 0 atom stereocenters. The molecule has 2 amide bonds. The second-order valence-corrected chi connectivity index (χ2v) is 8.63. The Hall–Kier alpha value is -3.65. The third-order valence-electron chi connectivity index (χ3n) is 4.73. The molecule has 0 unspecified atom stereocenters. The molecule has 0 radical (unpaired) electrons. The molecule has 0 bridgehead atoms. The topological polar surface area (TPSA) is 110 Å². The van der Waals surface area contributed by atoms with Crippen LogP contribution in [0.5, 0.6) is 0 Å². The summed E-state index contributed by atoms with van der Waals surface area (Å²) in [6, 6.07) is 21.3. The average Bonchev–Trinajstić information content (AvgIpc) is 2.78. The highest BCUT2D eigenvalue weighted by atomic mass is 32.2. The van der Waals surface area contributed by atoms with E-state index in [9.17, 15) is 18.0 Å². The maximum Gasteiger partial charge on any atom is 0.264 e. The van der Waals surface area contributed by atoms with Crippen molar-refractivity contribution in [3.63, 3.8) is 0 Å². The normalized spacial score (nSPS) is 11.0. The fraction of sp³-hybridized carbons (Fsp3) is 0.130. The number of carbonyl (C=O) groups is 2. The van der Waals surface area contributed by atoms with Crippen molar-refractivity contribution >= 4 is 33.2 Å². The first-order valence-corrected chi connectivity index (χ1v) is 11.1. The first-order chi connectivity index (χ1) is 14.8. The van der Waals surface area contributed by atoms with Gasteiger partial charge in [0.05, 0.1) is 21.8 Å². The molecular weight excluding hydrogens is 414 g/mol. The van der Waals surface area contributed by atoms with E-state index in [1.807, 2.05) is 19.1 Å². The fourth-order valence-corrected chi connectivity index (χ4v) is 4.68. The van der Waals surface area contributed by atoms with E-state index in [0.29, 0.717) is 12.1 Å². The zero-order valence-corrected chi connectivity index (χ0v) is 17.8. The highest BCUT2D eigenvalue weighted by Gasteiger charge is 2.28. The number of primary amides is 1. The molecule has 3 N–H and O–H groups in total. The number of nitrogens with zero attached hydrogens (tertiary/aromatic N) is 1. The van der Waals surface area contributed by atoms with Crippen LogP contribution in [-0.4, -0.2) is 26.8 Å². The minimum absolute atomic E-state index is 0.0752. The zero-order chi connectivity index (χ0) is 22.4. The van der Waals surface area contributed by atoms with Crippen molar-refractivity contribution in [3.05, 3.63) is 90.0 Å². The summed E-state index contributed by atoms with van der Waals surface area (Å²) in [7, 11) is -4.02. The second-order valence-electron chi connectivity index (χ2n) is 6.77. The fourth-order valence-electron chi connectivity index (χ4n) is 3.20. The Bertz CT molecular complexity index is 1190. The quantitative estimate of drug-likeness (QED) is 0.564. The predicted octanol–water partition coefficient (Wildman–Crippen LogP) is 3.18. The van der Waals surface area contributed by atoms with Gasteiger partial charge in [-0.1, -0.05) is 55.5 Å². The van der Waals surface area contributed by atoms with Gasteiger partial charge in [0.2, 0.25) is 5.91 Å². The van der Waals surface area contributed by atoms with Crippen LogP contribution in [0.4, 0.5) is 11.4 Å². The molecule has 0 fully saturated rings. The van der Waals surface area contributed by atoms with Crippen molar-refractivity contribution in [1.82, 2.24) is 0 Å². The first kappa shape index (κ1) is 22.0. The number of nitrogens with one attached hydrogen (secondary N) is 1. The van der Waals surface area contributed by atoms with Gasteiger partial charge in [0.1, 0.15) is 6.54 Å². The van der Waals surface area contributed by atoms with Crippen LogP contribution < -0.4 is 15.4 Å². The van der Waals surface area contributed by atoms with Crippen LogP contribution in [0.25, 0.3) is 0 Å². The lowest BCUT2D eigenvalue weighted by atomic mass is 10.1. The van der Waals surface area contributed by atoms with Gasteiger partial charge < -0.3 is 11.1 Å². The summed E-state index contributed by atoms with van der Waals surface area (Å²) in [5.41, 5.74) is 6.94. The van der Waals surface area contributed by atoms with Gasteiger partial charge in [0.25, 0.3) is 15.9 Å². The molecule has 0 spiro atoms. The maximum atomic E-state index is 13.4. The SMILES string of the molecule is CCc1ccccc1N(CC(=O)Nc1ccccc1C(N)=O)S(=O)(=O)c1ccccc1. The van der Waals surface area contributed by atoms with Gasteiger partial charge in [-0.2, -0.15) is 0 Å². The van der Waals surface area contributed by atoms with Gasteiger partial charge in [-0.05, 0) is 42.3 Å². The van der Waals surface area contributed by atoms with E-state index in [1.54, 1.807) is 42.5 Å². The molecule has 0 aliphatic heterocycles. The molecule has 0 aliphatic rings. The van der Waals surface area contributed by atoms with E-state index in [1.165, 1.54) is 24.3 Å². The van der Waals surface area contributed by atoms with Crippen molar-refractivity contribution in [2.75, 3.05) is 16.2 Å². The third-order valence-corrected chi connectivity index (χ3v) is 6.50. The average molecular weight is 438 g/mol. The number of hydrogen-bond donors (Lipinski definition) is 2. The van der Waals surface area contributed by atoms with E-state index in [2.05, 4.69) is 5.32 Å². The summed E-state index contributed by atoms with van der Waals surface area (Å²) in [6.07, 6.45) is 0.586. The van der Waals surface area contributed by atoms with Crippen molar-refractivity contribution in [2.24, 2.45) is 5.73 Å². The molecule has 3 rings (SSSR count). The molecule has 0 aromatic heterocycles. The number of carbonyl (C=O) groups excluding carboxylic acids is 2. The molecule has 0 aliphatic carbocycles. The summed E-state index contributed by atoms with van der Waals surface area (Å²) in [5.74, 6) is -1.29. The highest BCUT2D eigenvalue weighted by molar-refractivity contribution is 7.92. The van der Waals surface area contributed by atoms with Crippen molar-refractivity contribution < 1.29 is 18.0 Å². The number of hydrogen-bond acceptors (Lipinski definition) is 4. The minimum Gasteiger partial charge on any atom is -0.366 e. The van der Waals surface area contributed by atoms with Crippen LogP contribution in [0.1, 0.15) is 22.8 Å². The lowest BCUT2D eigenvalue weighted by Crippen LogP contribution is -2.39. The van der Waals surface area contributed by atoms with Crippen LogP contribution >= 0.6 is 0 Å². The van der Waals surface area contributed by atoms with Crippen LogP contribution in [0.15, 0.2) is 83.8 Å². The summed E-state index contributed by atoms with van der Waals surface area (Å²) in [6.45, 7) is 1.44. The van der Waals surface area contributed by atoms with Crippen LogP contribution in [0.3, 0.4) is 0 Å². The number of benzene rings is 3. The molecule has 0 heterocycles. The van der Waals surface area contributed by atoms with E-state index in [0.717, 1.165) is 9.87 Å². The molecule has 31 heavy (non-hydrogen) atoms. The number of nitrogens with two attached hydrogens (primary N) is 1. The number of rotatable bonds is 8. The first-order valence-electron chi connectivity index (χ1n) is 9.69. The maximum absolute atomic E-state index is 13.4. The van der Waals surface area contributed by atoms with Crippen molar-refractivity contribution in [2.45, 2.75) is 18.2 Å². The largest absolute Gasteiger partial charge is 0.366 e. The Morgan fingerprint density at radius 2 is 1.52 bits per heavy atom. The van der Waals surface area contributed by atoms with Crippen LogP contribution in [0, 0.1) is 0 Å². The Labute approximate surface area is 181 Å². The van der Waals surface area contributed by atoms with Gasteiger partial charge in [0, 0.05) is 0 Å². The summed E-state index contributed by atoms with van der Waals surface area (Å²) < 4.78 is 28.0. The molecule has 7 nitrogen and oxygen atoms in total. The Kier molecular flexibility index (Phi) is 6.71. The van der Waals surface area contributed by atoms with E-state index in [-0.39, 0.29) is 16.1 Å². The number of anilines is 2. The Balaban J connectivity index is 2.00. The minimum atomic E-state index is -4.02. The Morgan fingerprint density at radius 1 is 0.903 bits per heavy atom. The van der Waals surface area contributed by atoms with E-state index < -0.39 is 28.4 Å². The van der Waals surface area contributed by atoms with Gasteiger partial charge in [-0.3, -0.25) is 13.9 Å². The standard InChI is InChI=1S/C23H23N3O4S/c1-2-17-10-6-9-15-21(17)26(31(29,30)18-11-4-3-5-12-18)16-22(27)25-20-14-8-7-13-19(20)23(24)28/h3-15H,2,16H2,1H3,(H2,24,28)(H,25,27). The zero-order valence-electron chi connectivity index (χ0n) is 17.0. The molecule has 3 aromatic carbocycles. The number of amides is 2. The van der Waals surface area contributed by atoms with Crippen molar-refractivity contribution in [3.8, 4) is 0 Å². The lowest BCUT2D eigenvalue weighted by molar-refractivity contribution is -0.114. The molecule has 0 saturated heterocycles. The van der Waals surface area contributed by atoms with Crippen LogP contribution in [-0.2, 0) is 21.2 Å². The molecular formula is C23H23N3O4S. The van der Waals surface area contributed by atoms with Gasteiger partial charge in [0.15, 0.2) is 0 Å². The second kappa shape index (κ2) is 9.44. The summed E-state index contributed by atoms with van der Waals surface area (Å²) in [4.78, 5) is 24.6. The van der Waals surface area contributed by atoms with Gasteiger partial charge in [-0.15, -0.1) is 0 Å². The predicted molar refractivity (Wildman–Crippen MR) is 120 cm³/mol. The number of aryl methyl sites for hydroxylation is 1. The highest BCUT2D eigenvalue weighted by Crippen LogP contribution is 2.27. The molecule has 3 aromatic rings.